The number of benzene rings is 2. The molecule has 3 aromatic rings. The first-order chi connectivity index (χ1) is 13.3. The van der Waals surface area contributed by atoms with E-state index >= 15 is 0 Å². The minimum absolute atomic E-state index is 0.101. The van der Waals surface area contributed by atoms with Gasteiger partial charge in [-0.25, -0.2) is 0 Å². The van der Waals surface area contributed by atoms with Gasteiger partial charge in [0.25, 0.3) is 0 Å². The summed E-state index contributed by atoms with van der Waals surface area (Å²) >= 11 is 0. The minimum atomic E-state index is 0.101. The van der Waals surface area contributed by atoms with Crippen molar-refractivity contribution < 1.29 is 14.1 Å². The number of carbonyl (C=O) groups is 1. The SMILES string of the molecule is COc1ccc(C2CCCCCN2C(=O)Cc2noc3ccccc23)cc1. The molecule has 0 aliphatic carbocycles. The molecule has 2 heterocycles. The van der Waals surface area contributed by atoms with Crippen molar-refractivity contribution in [2.45, 2.75) is 38.1 Å². The number of rotatable bonds is 4. The van der Waals surface area contributed by atoms with Crippen LogP contribution < -0.4 is 4.74 Å². The topological polar surface area (TPSA) is 55.6 Å². The second kappa shape index (κ2) is 7.82. The molecule has 2 aromatic carbocycles. The Hall–Kier alpha value is -2.82. The van der Waals surface area contributed by atoms with E-state index in [2.05, 4.69) is 17.3 Å². The van der Waals surface area contributed by atoms with Crippen molar-refractivity contribution in [1.29, 1.82) is 0 Å². The maximum atomic E-state index is 13.2. The zero-order chi connectivity index (χ0) is 18.6. The van der Waals surface area contributed by atoms with E-state index in [4.69, 9.17) is 9.26 Å². The predicted molar refractivity (Wildman–Crippen MR) is 104 cm³/mol. The first-order valence-corrected chi connectivity index (χ1v) is 9.53. The van der Waals surface area contributed by atoms with E-state index in [1.165, 1.54) is 0 Å². The van der Waals surface area contributed by atoms with Crippen LogP contribution in [0.4, 0.5) is 0 Å². The number of hydrogen-bond donors (Lipinski definition) is 0. The van der Waals surface area contributed by atoms with Gasteiger partial charge in [0.05, 0.1) is 19.6 Å². The van der Waals surface area contributed by atoms with Crippen LogP contribution in [0.5, 0.6) is 5.75 Å². The molecule has 0 saturated carbocycles. The largest absolute Gasteiger partial charge is 0.497 e. The number of para-hydroxylation sites is 1. The summed E-state index contributed by atoms with van der Waals surface area (Å²) < 4.78 is 10.6. The lowest BCUT2D eigenvalue weighted by molar-refractivity contribution is -0.133. The Morgan fingerprint density at radius 2 is 1.96 bits per heavy atom. The first kappa shape index (κ1) is 17.6. The number of amides is 1. The van der Waals surface area contributed by atoms with Gasteiger partial charge in [-0.05, 0) is 42.7 Å². The number of nitrogens with zero attached hydrogens (tertiary/aromatic N) is 2. The Labute approximate surface area is 158 Å². The molecule has 1 aromatic heterocycles. The molecule has 1 unspecified atom stereocenters. The predicted octanol–water partition coefficient (Wildman–Crippen LogP) is 4.52. The number of hydrogen-bond acceptors (Lipinski definition) is 4. The third-order valence-electron chi connectivity index (χ3n) is 5.34. The highest BCUT2D eigenvalue weighted by atomic mass is 16.5. The van der Waals surface area contributed by atoms with Gasteiger partial charge in [0.2, 0.25) is 5.91 Å². The number of likely N-dealkylation sites (tertiary alicyclic amines) is 1. The third kappa shape index (κ3) is 3.68. The quantitative estimate of drug-likeness (QED) is 0.683. The van der Waals surface area contributed by atoms with Crippen molar-refractivity contribution in [3.8, 4) is 5.75 Å². The molecule has 27 heavy (non-hydrogen) atoms. The Morgan fingerprint density at radius 1 is 1.15 bits per heavy atom. The summed E-state index contributed by atoms with van der Waals surface area (Å²) in [5, 5.41) is 5.05. The van der Waals surface area contributed by atoms with Crippen LogP contribution in [0.2, 0.25) is 0 Å². The van der Waals surface area contributed by atoms with Gasteiger partial charge < -0.3 is 14.2 Å². The second-order valence-electron chi connectivity index (χ2n) is 7.03. The van der Waals surface area contributed by atoms with Crippen LogP contribution in [0.25, 0.3) is 11.0 Å². The fourth-order valence-corrected chi connectivity index (χ4v) is 3.89. The smallest absolute Gasteiger partial charge is 0.229 e. The number of aromatic nitrogens is 1. The molecular weight excluding hydrogens is 340 g/mol. The standard InChI is InChI=1S/C22H24N2O3/c1-26-17-12-10-16(11-13-17)20-8-3-2-6-14-24(20)22(25)15-19-18-7-4-5-9-21(18)27-23-19/h4-5,7,9-13,20H,2-3,6,8,14-15H2,1H3. The summed E-state index contributed by atoms with van der Waals surface area (Å²) in [7, 11) is 1.67. The van der Waals surface area contributed by atoms with Crippen LogP contribution >= 0.6 is 0 Å². The molecule has 0 bridgehead atoms. The van der Waals surface area contributed by atoms with Gasteiger partial charge >= 0.3 is 0 Å². The summed E-state index contributed by atoms with van der Waals surface area (Å²) in [5.41, 5.74) is 2.60. The Kier molecular flexibility index (Phi) is 5.10. The van der Waals surface area contributed by atoms with Gasteiger partial charge in [0.15, 0.2) is 5.58 Å². The molecule has 1 amide bonds. The van der Waals surface area contributed by atoms with Crippen molar-refractivity contribution in [1.82, 2.24) is 10.1 Å². The van der Waals surface area contributed by atoms with Crippen LogP contribution in [-0.4, -0.2) is 29.6 Å². The highest BCUT2D eigenvalue weighted by Gasteiger charge is 2.27. The highest BCUT2D eigenvalue weighted by molar-refractivity contribution is 5.86. The van der Waals surface area contributed by atoms with Crippen LogP contribution in [0.1, 0.15) is 43.0 Å². The van der Waals surface area contributed by atoms with E-state index in [1.807, 2.05) is 41.3 Å². The van der Waals surface area contributed by atoms with E-state index in [9.17, 15) is 4.79 Å². The zero-order valence-corrected chi connectivity index (χ0v) is 15.6. The molecule has 0 N–H and O–H groups in total. The average Bonchev–Trinajstić information content (AvgIpc) is 2.95. The van der Waals surface area contributed by atoms with Crippen LogP contribution in [0.3, 0.4) is 0 Å². The number of fused-ring (bicyclic) bond motifs is 1. The Balaban J connectivity index is 1.58. The summed E-state index contributed by atoms with van der Waals surface area (Å²) in [6.07, 6.45) is 4.58. The van der Waals surface area contributed by atoms with Crippen molar-refractivity contribution >= 4 is 16.9 Å². The molecule has 140 valence electrons. The summed E-state index contributed by atoms with van der Waals surface area (Å²) in [5.74, 6) is 0.941. The van der Waals surface area contributed by atoms with Crippen LogP contribution in [-0.2, 0) is 11.2 Å². The average molecular weight is 364 g/mol. The molecular formula is C22H24N2O3. The van der Waals surface area contributed by atoms with Crippen LogP contribution in [0.15, 0.2) is 53.1 Å². The zero-order valence-electron chi connectivity index (χ0n) is 15.6. The Morgan fingerprint density at radius 3 is 2.78 bits per heavy atom. The van der Waals surface area contributed by atoms with Crippen molar-refractivity contribution in [3.63, 3.8) is 0 Å². The van der Waals surface area contributed by atoms with Gasteiger partial charge in [-0.1, -0.05) is 42.3 Å². The highest BCUT2D eigenvalue weighted by Crippen LogP contribution is 2.32. The van der Waals surface area contributed by atoms with E-state index < -0.39 is 0 Å². The molecule has 5 nitrogen and oxygen atoms in total. The Bertz CT molecular complexity index is 917. The van der Waals surface area contributed by atoms with E-state index in [-0.39, 0.29) is 18.4 Å². The molecule has 0 spiro atoms. The molecule has 1 aliphatic rings. The van der Waals surface area contributed by atoms with Gasteiger partial charge in [-0.2, -0.15) is 0 Å². The van der Waals surface area contributed by atoms with Crippen LogP contribution in [0, 0.1) is 0 Å². The molecule has 1 saturated heterocycles. The molecule has 4 rings (SSSR count). The molecule has 1 fully saturated rings. The maximum Gasteiger partial charge on any atom is 0.229 e. The first-order valence-electron chi connectivity index (χ1n) is 9.53. The lowest BCUT2D eigenvalue weighted by Crippen LogP contribution is -2.36. The summed E-state index contributed by atoms with van der Waals surface area (Å²) in [6, 6.07) is 15.9. The van der Waals surface area contributed by atoms with Crippen molar-refractivity contribution in [2.24, 2.45) is 0 Å². The number of methoxy groups -OCH3 is 1. The van der Waals surface area contributed by atoms with Gasteiger partial charge in [-0.15, -0.1) is 0 Å². The second-order valence-corrected chi connectivity index (χ2v) is 7.03. The van der Waals surface area contributed by atoms with E-state index in [1.54, 1.807) is 7.11 Å². The molecule has 1 atom stereocenters. The lowest BCUT2D eigenvalue weighted by atomic mass is 10.00. The normalized spacial score (nSPS) is 17.7. The molecule has 5 heteroatoms. The molecule has 0 radical (unpaired) electrons. The fourth-order valence-electron chi connectivity index (χ4n) is 3.89. The van der Waals surface area contributed by atoms with Crippen molar-refractivity contribution in [3.05, 3.63) is 59.8 Å². The summed E-state index contributed by atoms with van der Waals surface area (Å²) in [6.45, 7) is 0.783. The molecule has 1 aliphatic heterocycles. The van der Waals surface area contributed by atoms with Gasteiger partial charge in [0, 0.05) is 11.9 Å². The monoisotopic (exact) mass is 364 g/mol. The van der Waals surface area contributed by atoms with Gasteiger partial charge in [-0.3, -0.25) is 4.79 Å². The lowest BCUT2D eigenvalue weighted by Gasteiger charge is -2.30. The number of ether oxygens (including phenoxy) is 1. The van der Waals surface area contributed by atoms with E-state index in [0.29, 0.717) is 5.69 Å². The van der Waals surface area contributed by atoms with E-state index in [0.717, 1.165) is 54.5 Å². The third-order valence-corrected chi connectivity index (χ3v) is 5.34. The fraction of sp³-hybridized carbons (Fsp3) is 0.364. The minimum Gasteiger partial charge on any atom is -0.497 e. The van der Waals surface area contributed by atoms with Crippen molar-refractivity contribution in [2.75, 3.05) is 13.7 Å². The van der Waals surface area contributed by atoms with Gasteiger partial charge in [0.1, 0.15) is 11.4 Å². The number of carbonyl (C=O) groups excluding carboxylic acids is 1. The summed E-state index contributed by atoms with van der Waals surface area (Å²) in [4.78, 5) is 15.2. The maximum absolute atomic E-state index is 13.2.